The van der Waals surface area contributed by atoms with Crippen LogP contribution in [-0.2, 0) is 20.0 Å². The maximum absolute atomic E-state index is 12.9. The summed E-state index contributed by atoms with van der Waals surface area (Å²) in [5.41, 5.74) is 1.32. The van der Waals surface area contributed by atoms with Gasteiger partial charge < -0.3 is 0 Å². The van der Waals surface area contributed by atoms with Crippen LogP contribution >= 0.6 is 23.2 Å². The Morgan fingerprint density at radius 2 is 1.57 bits per heavy atom. The minimum Gasteiger partial charge on any atom is -0.234 e. The fourth-order valence-corrected chi connectivity index (χ4v) is 7.15. The summed E-state index contributed by atoms with van der Waals surface area (Å²) in [6.07, 6.45) is 3.58. The minimum absolute atomic E-state index is 0.0141. The summed E-state index contributed by atoms with van der Waals surface area (Å²) in [6, 6.07) is 2.80. The second-order valence-electron chi connectivity index (χ2n) is 6.20. The third-order valence-corrected chi connectivity index (χ3v) is 8.60. The number of hydrogen-bond donors (Lipinski definition) is 0. The van der Waals surface area contributed by atoms with Crippen molar-refractivity contribution < 1.29 is 16.8 Å². The molecule has 156 valence electrons. The van der Waals surface area contributed by atoms with Crippen molar-refractivity contribution in [1.82, 2.24) is 14.8 Å². The summed E-state index contributed by atoms with van der Waals surface area (Å²) in [5.74, 6) is -0.278. The molecule has 8 nitrogen and oxygen atoms in total. The van der Waals surface area contributed by atoms with E-state index in [0.29, 0.717) is 15.2 Å². The number of hydrogen-bond acceptors (Lipinski definition) is 6. The second kappa shape index (κ2) is 9.43. The van der Waals surface area contributed by atoms with E-state index >= 15 is 0 Å². The zero-order chi connectivity index (χ0) is 20.9. The molecule has 0 bridgehead atoms. The van der Waals surface area contributed by atoms with Gasteiger partial charge in [-0.25, -0.2) is 26.5 Å². The van der Waals surface area contributed by atoms with Crippen molar-refractivity contribution >= 4 is 48.9 Å². The molecule has 12 heteroatoms. The first-order valence-corrected chi connectivity index (χ1v) is 12.8. The van der Waals surface area contributed by atoms with Crippen LogP contribution < -0.4 is 3.71 Å². The summed E-state index contributed by atoms with van der Waals surface area (Å²) in [4.78, 5) is 4.33. The summed E-state index contributed by atoms with van der Waals surface area (Å²) in [6.45, 7) is 3.50. The summed E-state index contributed by atoms with van der Waals surface area (Å²) in [5, 5.41) is 4.15. The zero-order valence-corrected chi connectivity index (χ0v) is 18.7. The van der Waals surface area contributed by atoms with Gasteiger partial charge in [0.05, 0.1) is 23.4 Å². The summed E-state index contributed by atoms with van der Waals surface area (Å²) < 4.78 is 53.4. The van der Waals surface area contributed by atoms with E-state index in [9.17, 15) is 16.8 Å². The number of aryl methyl sites for hydroxylation is 2. The monoisotopic (exact) mass is 468 g/mol. The molecule has 2 rings (SSSR count). The zero-order valence-electron chi connectivity index (χ0n) is 15.5. The van der Waals surface area contributed by atoms with Crippen molar-refractivity contribution in [3.63, 3.8) is 0 Å². The first kappa shape index (κ1) is 22.9. The molecule has 2 heterocycles. The number of nitrogens with zero attached hydrogens (tertiary/aromatic N) is 4. The number of halogens is 2. The van der Waals surface area contributed by atoms with E-state index in [4.69, 9.17) is 23.2 Å². The van der Waals surface area contributed by atoms with E-state index in [1.54, 1.807) is 19.3 Å². The van der Waals surface area contributed by atoms with Crippen molar-refractivity contribution in [3.05, 3.63) is 35.8 Å². The second-order valence-corrected chi connectivity index (χ2v) is 11.1. The Morgan fingerprint density at radius 3 is 2.04 bits per heavy atom. The normalized spacial score (nSPS) is 12.3. The third-order valence-electron chi connectivity index (χ3n) is 3.66. The van der Waals surface area contributed by atoms with E-state index in [1.165, 1.54) is 16.8 Å². The maximum atomic E-state index is 12.9. The Labute approximate surface area is 175 Å². The average Bonchev–Trinajstić information content (AvgIpc) is 3.04. The Hall–Kier alpha value is -1.36. The lowest BCUT2D eigenvalue weighted by Crippen LogP contribution is -2.40. The first-order valence-electron chi connectivity index (χ1n) is 8.49. The lowest BCUT2D eigenvalue weighted by Gasteiger charge is -2.24. The largest absolute Gasteiger partial charge is 0.248 e. The SMILES string of the molecule is Cc1cnn(-c2cc(N(S(=O)(=O)CCCCl)S(=O)(=O)CCCCl)cc(C)n2)c1. The Bertz CT molecular complexity index is 985. The Morgan fingerprint density at radius 1 is 1.00 bits per heavy atom. The van der Waals surface area contributed by atoms with Gasteiger partial charge in [0, 0.05) is 29.7 Å². The molecule has 0 radical (unpaired) electrons. The van der Waals surface area contributed by atoms with Gasteiger partial charge in [0.15, 0.2) is 5.82 Å². The average molecular weight is 469 g/mol. The molecule has 0 saturated heterocycles. The van der Waals surface area contributed by atoms with E-state index in [0.717, 1.165) is 5.56 Å². The molecule has 0 aliphatic heterocycles. The Kier molecular flexibility index (Phi) is 7.72. The van der Waals surface area contributed by atoms with Crippen molar-refractivity contribution in [2.24, 2.45) is 0 Å². The fourth-order valence-electron chi connectivity index (χ4n) is 2.53. The van der Waals surface area contributed by atoms with Crippen LogP contribution in [0.15, 0.2) is 24.5 Å². The maximum Gasteiger partial charge on any atom is 0.248 e. The van der Waals surface area contributed by atoms with Crippen LogP contribution in [0.5, 0.6) is 0 Å². The highest BCUT2D eigenvalue weighted by Crippen LogP contribution is 2.26. The van der Waals surface area contributed by atoms with Crippen LogP contribution in [0.3, 0.4) is 0 Å². The molecule has 0 aromatic carbocycles. The van der Waals surface area contributed by atoms with Gasteiger partial charge in [-0.05, 0) is 38.3 Å². The van der Waals surface area contributed by atoms with Gasteiger partial charge in [-0.15, -0.1) is 23.2 Å². The molecule has 0 atom stereocenters. The van der Waals surface area contributed by atoms with Crippen LogP contribution in [0, 0.1) is 13.8 Å². The third kappa shape index (κ3) is 5.59. The number of anilines is 1. The highest BCUT2D eigenvalue weighted by atomic mass is 35.5. The standard InChI is InChI=1S/C16H22Cl2N4O4S2/c1-13-11-19-21(12-13)16-10-15(9-14(2)20-16)22(27(23,24)7-3-5-17)28(25,26)8-4-6-18/h9-12H,3-8H2,1-2H3. The summed E-state index contributed by atoms with van der Waals surface area (Å²) >= 11 is 11.2. The van der Waals surface area contributed by atoms with Crippen LogP contribution in [-0.4, -0.2) is 54.9 Å². The van der Waals surface area contributed by atoms with Gasteiger partial charge in [-0.3, -0.25) is 0 Å². The van der Waals surface area contributed by atoms with Crippen molar-refractivity contribution in [3.8, 4) is 5.82 Å². The van der Waals surface area contributed by atoms with Gasteiger partial charge >= 0.3 is 0 Å². The molecule has 2 aromatic heterocycles. The van der Waals surface area contributed by atoms with E-state index in [2.05, 4.69) is 10.1 Å². The Balaban J connectivity index is 2.62. The topological polar surface area (TPSA) is 102 Å². The summed E-state index contributed by atoms with van der Waals surface area (Å²) in [7, 11) is -8.35. The van der Waals surface area contributed by atoms with Crippen LogP contribution in [0.4, 0.5) is 5.69 Å². The van der Waals surface area contributed by atoms with Gasteiger partial charge in [-0.1, -0.05) is 0 Å². The molecule has 0 spiro atoms. The van der Waals surface area contributed by atoms with Gasteiger partial charge in [0.25, 0.3) is 0 Å². The van der Waals surface area contributed by atoms with E-state index in [-0.39, 0.29) is 30.3 Å². The number of rotatable bonds is 10. The van der Waals surface area contributed by atoms with Crippen molar-refractivity contribution in [2.45, 2.75) is 26.7 Å². The molecular formula is C16H22Cl2N4O4S2. The van der Waals surface area contributed by atoms with Gasteiger partial charge in [0.1, 0.15) is 0 Å². The lowest BCUT2D eigenvalue weighted by molar-refractivity contribution is 0.583. The molecule has 0 fully saturated rings. The predicted octanol–water partition coefficient (Wildman–Crippen LogP) is 2.61. The highest BCUT2D eigenvalue weighted by molar-refractivity contribution is 8.10. The van der Waals surface area contributed by atoms with Gasteiger partial charge in [-0.2, -0.15) is 8.81 Å². The van der Waals surface area contributed by atoms with Crippen LogP contribution in [0.25, 0.3) is 5.82 Å². The van der Waals surface area contributed by atoms with Crippen LogP contribution in [0.1, 0.15) is 24.1 Å². The molecular weight excluding hydrogens is 447 g/mol. The van der Waals surface area contributed by atoms with E-state index < -0.39 is 31.6 Å². The van der Waals surface area contributed by atoms with Crippen molar-refractivity contribution in [2.75, 3.05) is 27.0 Å². The van der Waals surface area contributed by atoms with Gasteiger partial charge in [0.2, 0.25) is 20.0 Å². The smallest absolute Gasteiger partial charge is 0.234 e. The molecule has 0 aliphatic rings. The fraction of sp³-hybridized carbons (Fsp3) is 0.500. The lowest BCUT2D eigenvalue weighted by atomic mass is 10.3. The quantitative estimate of drug-likeness (QED) is 0.496. The number of alkyl halides is 2. The van der Waals surface area contributed by atoms with E-state index in [1.807, 2.05) is 6.92 Å². The molecule has 0 unspecified atom stereocenters. The molecule has 2 aromatic rings. The number of sulfonamides is 2. The number of aromatic nitrogens is 3. The molecule has 28 heavy (non-hydrogen) atoms. The first-order chi connectivity index (χ1) is 13.1. The molecule has 0 amide bonds. The van der Waals surface area contributed by atoms with Crippen molar-refractivity contribution in [1.29, 1.82) is 0 Å². The molecule has 0 N–H and O–H groups in total. The predicted molar refractivity (Wildman–Crippen MR) is 112 cm³/mol. The molecule has 0 aliphatic carbocycles. The molecule has 0 saturated carbocycles. The highest BCUT2D eigenvalue weighted by Gasteiger charge is 2.34. The van der Waals surface area contributed by atoms with Crippen LogP contribution in [0.2, 0.25) is 0 Å². The minimum atomic E-state index is -4.18. The number of pyridine rings is 1.